The van der Waals surface area contributed by atoms with Crippen LogP contribution in [0.3, 0.4) is 0 Å². The number of hydrogen-bond acceptors (Lipinski definition) is 3. The zero-order valence-electron chi connectivity index (χ0n) is 12.7. The van der Waals surface area contributed by atoms with Crippen LogP contribution in [0.2, 0.25) is 0 Å². The minimum atomic E-state index is -0.111. The highest BCUT2D eigenvalue weighted by Gasteiger charge is 2.15. The molecule has 0 aliphatic rings. The maximum Gasteiger partial charge on any atom is 0.239 e. The van der Waals surface area contributed by atoms with Crippen LogP contribution >= 0.6 is 0 Å². The normalized spacial score (nSPS) is 12.3. The SMILES string of the molecule is CCC(CCN)CCC(=O)N(C)CC(=O)NC(C)C. The molecule has 0 aromatic heterocycles. The molecule has 0 saturated carbocycles. The van der Waals surface area contributed by atoms with Gasteiger partial charge in [-0.05, 0) is 39.2 Å². The largest absolute Gasteiger partial charge is 0.352 e. The van der Waals surface area contributed by atoms with Crippen molar-refractivity contribution in [2.45, 2.75) is 52.5 Å². The summed E-state index contributed by atoms with van der Waals surface area (Å²) in [6, 6.07) is 0.102. The zero-order valence-corrected chi connectivity index (χ0v) is 12.7. The van der Waals surface area contributed by atoms with Crippen molar-refractivity contribution in [2.75, 3.05) is 20.1 Å². The summed E-state index contributed by atoms with van der Waals surface area (Å²) in [6.07, 6.45) is 3.34. The molecule has 0 heterocycles. The average molecular weight is 271 g/mol. The van der Waals surface area contributed by atoms with E-state index in [2.05, 4.69) is 12.2 Å². The van der Waals surface area contributed by atoms with E-state index in [1.807, 2.05) is 13.8 Å². The second kappa shape index (κ2) is 9.78. The van der Waals surface area contributed by atoms with E-state index >= 15 is 0 Å². The average Bonchev–Trinajstić information content (AvgIpc) is 2.32. The molecule has 1 unspecified atom stereocenters. The van der Waals surface area contributed by atoms with E-state index in [1.165, 1.54) is 4.90 Å². The lowest BCUT2D eigenvalue weighted by Gasteiger charge is -2.19. The smallest absolute Gasteiger partial charge is 0.239 e. The van der Waals surface area contributed by atoms with Gasteiger partial charge in [0.15, 0.2) is 0 Å². The fourth-order valence-corrected chi connectivity index (χ4v) is 1.98. The maximum atomic E-state index is 11.9. The molecule has 112 valence electrons. The van der Waals surface area contributed by atoms with Crippen molar-refractivity contribution in [1.82, 2.24) is 10.2 Å². The van der Waals surface area contributed by atoms with Crippen LogP contribution < -0.4 is 11.1 Å². The first-order valence-electron chi connectivity index (χ1n) is 7.14. The van der Waals surface area contributed by atoms with E-state index in [4.69, 9.17) is 5.73 Å². The molecule has 5 heteroatoms. The highest BCUT2D eigenvalue weighted by molar-refractivity contribution is 5.84. The lowest BCUT2D eigenvalue weighted by atomic mass is 9.96. The Bertz CT molecular complexity index is 280. The summed E-state index contributed by atoms with van der Waals surface area (Å²) in [6.45, 7) is 6.71. The Balaban J connectivity index is 4.02. The van der Waals surface area contributed by atoms with E-state index in [1.54, 1.807) is 7.05 Å². The van der Waals surface area contributed by atoms with Crippen molar-refractivity contribution in [2.24, 2.45) is 11.7 Å². The molecule has 0 aromatic rings. The van der Waals surface area contributed by atoms with Gasteiger partial charge in [-0.15, -0.1) is 0 Å². The molecule has 0 spiro atoms. The molecule has 0 aromatic carbocycles. The molecule has 0 rings (SSSR count). The molecule has 2 amide bonds. The Hall–Kier alpha value is -1.10. The molecule has 0 bridgehead atoms. The number of carbonyl (C=O) groups is 2. The molecule has 5 nitrogen and oxygen atoms in total. The Morgan fingerprint density at radius 3 is 2.37 bits per heavy atom. The van der Waals surface area contributed by atoms with Crippen LogP contribution in [0.5, 0.6) is 0 Å². The van der Waals surface area contributed by atoms with Crippen molar-refractivity contribution in [3.05, 3.63) is 0 Å². The molecule has 0 radical (unpaired) electrons. The molecular weight excluding hydrogens is 242 g/mol. The van der Waals surface area contributed by atoms with Gasteiger partial charge in [0.25, 0.3) is 0 Å². The molecule has 0 aliphatic carbocycles. The van der Waals surface area contributed by atoms with Gasteiger partial charge in [-0.2, -0.15) is 0 Å². The lowest BCUT2D eigenvalue weighted by molar-refractivity contribution is -0.135. The van der Waals surface area contributed by atoms with Gasteiger partial charge in [-0.1, -0.05) is 13.3 Å². The van der Waals surface area contributed by atoms with E-state index in [0.717, 1.165) is 19.3 Å². The Morgan fingerprint density at radius 1 is 1.26 bits per heavy atom. The molecule has 0 fully saturated rings. The predicted octanol–water partition coefficient (Wildman–Crippen LogP) is 1.12. The van der Waals surface area contributed by atoms with E-state index in [-0.39, 0.29) is 24.4 Å². The van der Waals surface area contributed by atoms with Gasteiger partial charge in [0.2, 0.25) is 11.8 Å². The zero-order chi connectivity index (χ0) is 14.8. The number of nitrogens with two attached hydrogens (primary N) is 1. The van der Waals surface area contributed by atoms with Crippen LogP contribution in [0, 0.1) is 5.92 Å². The van der Waals surface area contributed by atoms with Gasteiger partial charge in [-0.25, -0.2) is 0 Å². The van der Waals surface area contributed by atoms with Crippen molar-refractivity contribution >= 4 is 11.8 Å². The van der Waals surface area contributed by atoms with E-state index < -0.39 is 0 Å². The third-order valence-electron chi connectivity index (χ3n) is 3.17. The van der Waals surface area contributed by atoms with E-state index in [9.17, 15) is 9.59 Å². The van der Waals surface area contributed by atoms with Gasteiger partial charge in [0, 0.05) is 19.5 Å². The fourth-order valence-electron chi connectivity index (χ4n) is 1.98. The van der Waals surface area contributed by atoms with Gasteiger partial charge in [-0.3, -0.25) is 9.59 Å². The number of nitrogens with one attached hydrogen (secondary N) is 1. The van der Waals surface area contributed by atoms with Crippen LogP contribution in [0.25, 0.3) is 0 Å². The number of hydrogen-bond donors (Lipinski definition) is 2. The highest BCUT2D eigenvalue weighted by Crippen LogP contribution is 2.15. The maximum absolute atomic E-state index is 11.9. The number of nitrogens with zero attached hydrogens (tertiary/aromatic N) is 1. The molecular formula is C14H29N3O2. The van der Waals surface area contributed by atoms with Crippen LogP contribution in [-0.4, -0.2) is 42.9 Å². The first-order valence-corrected chi connectivity index (χ1v) is 7.14. The van der Waals surface area contributed by atoms with Gasteiger partial charge in [0.1, 0.15) is 0 Å². The Morgan fingerprint density at radius 2 is 1.89 bits per heavy atom. The monoisotopic (exact) mass is 271 g/mol. The topological polar surface area (TPSA) is 75.4 Å². The lowest BCUT2D eigenvalue weighted by Crippen LogP contribution is -2.40. The molecule has 1 atom stereocenters. The van der Waals surface area contributed by atoms with Crippen LogP contribution in [0.4, 0.5) is 0 Å². The van der Waals surface area contributed by atoms with Crippen LogP contribution in [0.1, 0.15) is 46.5 Å². The second-order valence-corrected chi connectivity index (χ2v) is 5.36. The second-order valence-electron chi connectivity index (χ2n) is 5.36. The van der Waals surface area contributed by atoms with Crippen molar-refractivity contribution in [1.29, 1.82) is 0 Å². The first-order chi connectivity index (χ1) is 8.90. The summed E-state index contributed by atoms with van der Waals surface area (Å²) in [7, 11) is 1.67. The van der Waals surface area contributed by atoms with Crippen LogP contribution in [0.15, 0.2) is 0 Å². The first kappa shape index (κ1) is 17.9. The Labute approximate surface area is 116 Å². The quantitative estimate of drug-likeness (QED) is 0.660. The number of likely N-dealkylation sites (N-methyl/N-ethyl adjacent to an activating group) is 1. The van der Waals surface area contributed by atoms with Crippen molar-refractivity contribution < 1.29 is 9.59 Å². The third kappa shape index (κ3) is 8.59. The number of amides is 2. The molecule has 0 saturated heterocycles. The summed E-state index contributed by atoms with van der Waals surface area (Å²) in [5, 5.41) is 2.78. The van der Waals surface area contributed by atoms with Crippen molar-refractivity contribution in [3.8, 4) is 0 Å². The van der Waals surface area contributed by atoms with E-state index in [0.29, 0.717) is 18.9 Å². The number of carbonyl (C=O) groups excluding carboxylic acids is 2. The minimum absolute atomic E-state index is 0.0226. The van der Waals surface area contributed by atoms with Gasteiger partial charge >= 0.3 is 0 Å². The summed E-state index contributed by atoms with van der Waals surface area (Å²) >= 11 is 0. The third-order valence-corrected chi connectivity index (χ3v) is 3.17. The molecule has 0 aliphatic heterocycles. The summed E-state index contributed by atoms with van der Waals surface area (Å²) in [5.74, 6) is 0.418. The summed E-state index contributed by atoms with van der Waals surface area (Å²) in [5.41, 5.74) is 5.54. The molecule has 19 heavy (non-hydrogen) atoms. The minimum Gasteiger partial charge on any atom is -0.352 e. The van der Waals surface area contributed by atoms with Crippen molar-refractivity contribution in [3.63, 3.8) is 0 Å². The van der Waals surface area contributed by atoms with Crippen LogP contribution in [-0.2, 0) is 9.59 Å². The summed E-state index contributed by atoms with van der Waals surface area (Å²) < 4.78 is 0. The highest BCUT2D eigenvalue weighted by atomic mass is 16.2. The fraction of sp³-hybridized carbons (Fsp3) is 0.857. The van der Waals surface area contributed by atoms with Gasteiger partial charge in [0.05, 0.1) is 6.54 Å². The predicted molar refractivity (Wildman–Crippen MR) is 77.6 cm³/mol. The number of rotatable bonds is 9. The Kier molecular flexibility index (Phi) is 9.21. The molecule has 3 N–H and O–H groups in total. The standard InChI is InChI=1S/C14H29N3O2/c1-5-12(8-9-15)6-7-14(19)17(4)10-13(18)16-11(2)3/h11-12H,5-10,15H2,1-4H3,(H,16,18). The van der Waals surface area contributed by atoms with Gasteiger partial charge < -0.3 is 16.0 Å². The summed E-state index contributed by atoms with van der Waals surface area (Å²) in [4.78, 5) is 24.9.